The summed E-state index contributed by atoms with van der Waals surface area (Å²) in [5.74, 6) is 0. The summed E-state index contributed by atoms with van der Waals surface area (Å²) < 4.78 is 64.2. The van der Waals surface area contributed by atoms with Crippen molar-refractivity contribution in [2.24, 2.45) is 0 Å². The van der Waals surface area contributed by atoms with E-state index in [9.17, 15) is 5.11 Å². The van der Waals surface area contributed by atoms with E-state index < -0.39 is 74.0 Å². The van der Waals surface area contributed by atoms with Gasteiger partial charge in [-0.15, -0.1) is 0 Å². The Morgan fingerprint density at radius 1 is 0.538 bits per heavy atom. The van der Waals surface area contributed by atoms with E-state index in [1.165, 1.54) is 0 Å². The molecule has 0 bridgehead atoms. The maximum Gasteiger partial charge on any atom is 0.187 e. The fourth-order valence-corrected chi connectivity index (χ4v) is 7.17. The second-order valence-corrected chi connectivity index (χ2v) is 13.3. The second kappa shape index (κ2) is 16.6. The Labute approximate surface area is 303 Å². The van der Waals surface area contributed by atoms with Crippen LogP contribution in [0, 0.1) is 0 Å². The number of hydrogen-bond acceptors (Lipinski definition) is 11. The Morgan fingerprint density at radius 3 is 1.54 bits per heavy atom. The van der Waals surface area contributed by atoms with Crippen molar-refractivity contribution in [3.05, 3.63) is 144 Å². The van der Waals surface area contributed by atoms with E-state index in [1.54, 1.807) is 7.11 Å². The van der Waals surface area contributed by atoms with E-state index in [2.05, 4.69) is 0 Å². The molecule has 4 heterocycles. The number of aliphatic hydroxyl groups is 1. The Bertz CT molecular complexity index is 1660. The van der Waals surface area contributed by atoms with Gasteiger partial charge in [0.2, 0.25) is 0 Å². The van der Waals surface area contributed by atoms with Crippen molar-refractivity contribution in [3.63, 3.8) is 0 Å². The van der Waals surface area contributed by atoms with Gasteiger partial charge in [-0.25, -0.2) is 0 Å². The summed E-state index contributed by atoms with van der Waals surface area (Å²) in [5.41, 5.74) is 3.60. The predicted molar refractivity (Wildman–Crippen MR) is 185 cm³/mol. The van der Waals surface area contributed by atoms with Crippen LogP contribution in [0.2, 0.25) is 0 Å². The summed E-state index contributed by atoms with van der Waals surface area (Å²) in [7, 11) is 1.56. The highest BCUT2D eigenvalue weighted by Gasteiger charge is 2.56. The quantitative estimate of drug-likeness (QED) is 0.221. The SMILES string of the molecule is CO[C@@H]1O[C@@H]2CO[C@@H](c3ccccc3)O[C@H]2[C@H](O[C@@H]2O[C@@H]3CO[C@@H](c4ccccc4)O[C@H]3[C@H](O)[C@@H]2OCc2ccccc2)[C@@H]1OCc1ccccc1. The van der Waals surface area contributed by atoms with Crippen LogP contribution in [0.15, 0.2) is 121 Å². The summed E-state index contributed by atoms with van der Waals surface area (Å²) in [6.45, 7) is 0.864. The molecule has 0 unspecified atom stereocenters. The molecule has 4 aromatic rings. The number of aliphatic hydroxyl groups excluding tert-OH is 1. The number of rotatable bonds is 11. The van der Waals surface area contributed by atoms with Crippen LogP contribution in [0.25, 0.3) is 0 Å². The van der Waals surface area contributed by atoms with E-state index in [0.717, 1.165) is 22.3 Å². The van der Waals surface area contributed by atoms with Gasteiger partial charge in [-0.2, -0.15) is 0 Å². The van der Waals surface area contributed by atoms with Crippen LogP contribution in [-0.2, 0) is 60.6 Å². The maximum atomic E-state index is 12.0. The lowest BCUT2D eigenvalue weighted by Crippen LogP contribution is -2.67. The van der Waals surface area contributed by atoms with Gasteiger partial charge in [0.05, 0.1) is 26.4 Å². The van der Waals surface area contributed by atoms with Crippen LogP contribution >= 0.6 is 0 Å². The molecule has 4 saturated heterocycles. The molecule has 4 aromatic carbocycles. The average Bonchev–Trinajstić information content (AvgIpc) is 3.21. The molecule has 0 amide bonds. The largest absolute Gasteiger partial charge is 0.387 e. The fraction of sp³-hybridized carbons (Fsp3) is 0.415. The number of hydrogen-bond donors (Lipinski definition) is 1. The molecule has 11 heteroatoms. The van der Waals surface area contributed by atoms with Gasteiger partial charge in [0.1, 0.15) is 48.8 Å². The summed E-state index contributed by atoms with van der Waals surface area (Å²) in [5, 5.41) is 12.0. The molecule has 0 saturated carbocycles. The van der Waals surface area contributed by atoms with E-state index in [1.807, 2.05) is 121 Å². The van der Waals surface area contributed by atoms with Crippen LogP contribution in [0.3, 0.4) is 0 Å². The van der Waals surface area contributed by atoms with Gasteiger partial charge in [-0.3, -0.25) is 0 Å². The molecular formula is C41H44O11. The Balaban J connectivity index is 1.10. The average molecular weight is 713 g/mol. The van der Waals surface area contributed by atoms with Crippen LogP contribution < -0.4 is 0 Å². The first-order chi connectivity index (χ1) is 25.6. The van der Waals surface area contributed by atoms with Gasteiger partial charge >= 0.3 is 0 Å². The van der Waals surface area contributed by atoms with Crippen molar-refractivity contribution in [3.8, 4) is 0 Å². The zero-order valence-electron chi connectivity index (χ0n) is 28.8. The summed E-state index contributed by atoms with van der Waals surface area (Å²) in [6, 6.07) is 38.9. The number of methoxy groups -OCH3 is 1. The molecule has 0 aromatic heterocycles. The molecule has 4 aliphatic heterocycles. The normalized spacial score (nSPS) is 34.6. The maximum absolute atomic E-state index is 12.0. The molecule has 0 radical (unpaired) electrons. The first-order valence-corrected chi connectivity index (χ1v) is 17.8. The monoisotopic (exact) mass is 712 g/mol. The topological polar surface area (TPSA) is 113 Å². The van der Waals surface area contributed by atoms with Crippen molar-refractivity contribution in [2.45, 2.75) is 87.2 Å². The first kappa shape index (κ1) is 35.5. The summed E-state index contributed by atoms with van der Waals surface area (Å²) >= 11 is 0. The first-order valence-electron chi connectivity index (χ1n) is 17.8. The predicted octanol–water partition coefficient (Wildman–Crippen LogP) is 5.23. The minimum atomic E-state index is -1.13. The minimum absolute atomic E-state index is 0.168. The molecule has 1 N–H and O–H groups in total. The smallest absolute Gasteiger partial charge is 0.187 e. The Kier molecular flexibility index (Phi) is 11.3. The molecule has 0 aliphatic carbocycles. The lowest BCUT2D eigenvalue weighted by atomic mass is 9.95. The van der Waals surface area contributed by atoms with Gasteiger partial charge in [0.25, 0.3) is 0 Å². The highest BCUT2D eigenvalue weighted by Crippen LogP contribution is 2.40. The third-order valence-corrected chi connectivity index (χ3v) is 9.83. The molecule has 52 heavy (non-hydrogen) atoms. The molecule has 4 aliphatic rings. The third-order valence-electron chi connectivity index (χ3n) is 9.83. The number of ether oxygens (including phenoxy) is 10. The fourth-order valence-electron chi connectivity index (χ4n) is 7.17. The second-order valence-electron chi connectivity index (χ2n) is 13.3. The van der Waals surface area contributed by atoms with E-state index in [0.29, 0.717) is 0 Å². The molecule has 12 atom stereocenters. The van der Waals surface area contributed by atoms with Crippen molar-refractivity contribution in [1.82, 2.24) is 0 Å². The molecule has 8 rings (SSSR count). The third kappa shape index (κ3) is 7.86. The highest BCUT2D eigenvalue weighted by atomic mass is 16.8. The lowest BCUT2D eigenvalue weighted by Gasteiger charge is -2.52. The summed E-state index contributed by atoms with van der Waals surface area (Å²) in [6.07, 6.45) is -9.53. The molecule has 274 valence electrons. The molecule has 4 fully saturated rings. The molecular weight excluding hydrogens is 668 g/mol. The standard InChI is InChI=1S/C41H44O11/c1-43-40-37(45-23-27-16-8-3-9-17-27)36(34-31(48-40)25-47-39(51-34)29-20-12-5-13-21-29)52-41-35(44-22-26-14-6-2-7-15-26)32(42)33-30(49-41)24-46-38(50-33)28-18-10-4-11-19-28/h2-21,30-42H,22-25H2,1H3/t30-,31-,32+,33-,34-,35+,36+,37+,38-,39-,40-,41+/m1/s1. The number of benzene rings is 4. The van der Waals surface area contributed by atoms with Gasteiger partial charge < -0.3 is 52.5 Å². The van der Waals surface area contributed by atoms with E-state index >= 15 is 0 Å². The van der Waals surface area contributed by atoms with Crippen LogP contribution in [0.4, 0.5) is 0 Å². The van der Waals surface area contributed by atoms with Gasteiger partial charge in [0.15, 0.2) is 25.2 Å². The zero-order chi connectivity index (χ0) is 35.3. The van der Waals surface area contributed by atoms with E-state index in [4.69, 9.17) is 47.4 Å². The van der Waals surface area contributed by atoms with Crippen molar-refractivity contribution in [1.29, 1.82) is 0 Å². The van der Waals surface area contributed by atoms with Crippen molar-refractivity contribution >= 4 is 0 Å². The van der Waals surface area contributed by atoms with Crippen LogP contribution in [-0.4, -0.2) is 86.8 Å². The lowest BCUT2D eigenvalue weighted by molar-refractivity contribution is -0.409. The zero-order valence-corrected chi connectivity index (χ0v) is 28.8. The minimum Gasteiger partial charge on any atom is -0.387 e. The van der Waals surface area contributed by atoms with E-state index in [-0.39, 0.29) is 26.4 Å². The van der Waals surface area contributed by atoms with Gasteiger partial charge in [-0.1, -0.05) is 121 Å². The molecule has 0 spiro atoms. The van der Waals surface area contributed by atoms with Crippen LogP contribution in [0.1, 0.15) is 34.8 Å². The number of fused-ring (bicyclic) bond motifs is 2. The van der Waals surface area contributed by atoms with Crippen molar-refractivity contribution in [2.75, 3.05) is 20.3 Å². The van der Waals surface area contributed by atoms with Crippen LogP contribution in [0.5, 0.6) is 0 Å². The highest BCUT2D eigenvalue weighted by molar-refractivity contribution is 5.19. The Hall–Kier alpha value is -3.56. The Morgan fingerprint density at radius 2 is 1.00 bits per heavy atom. The summed E-state index contributed by atoms with van der Waals surface area (Å²) in [4.78, 5) is 0. The van der Waals surface area contributed by atoms with Gasteiger partial charge in [0, 0.05) is 18.2 Å². The van der Waals surface area contributed by atoms with Gasteiger partial charge in [-0.05, 0) is 11.1 Å². The molecule has 11 nitrogen and oxygen atoms in total. The van der Waals surface area contributed by atoms with Crippen molar-refractivity contribution < 1.29 is 52.5 Å².